The maximum Gasteiger partial charge on any atom is 0.249 e. The molecule has 0 saturated carbocycles. The Morgan fingerprint density at radius 1 is 1.47 bits per heavy atom. The van der Waals surface area contributed by atoms with Gasteiger partial charge in [0.15, 0.2) is 0 Å². The zero-order valence-corrected chi connectivity index (χ0v) is 9.16. The number of carbonyl (C=O) groups is 2. The van der Waals surface area contributed by atoms with E-state index in [0.29, 0.717) is 6.61 Å². The highest BCUT2D eigenvalue weighted by atomic mass is 16.5. The number of primary amides is 1. The van der Waals surface area contributed by atoms with Crippen LogP contribution in [0.3, 0.4) is 0 Å². The van der Waals surface area contributed by atoms with Crippen LogP contribution in [0.4, 0.5) is 0 Å². The molecule has 3 N–H and O–H groups in total. The third kappa shape index (κ3) is 3.20. The van der Waals surface area contributed by atoms with Gasteiger partial charge in [-0.05, 0) is 18.8 Å². The van der Waals surface area contributed by atoms with E-state index in [1.807, 2.05) is 13.8 Å². The molecule has 15 heavy (non-hydrogen) atoms. The van der Waals surface area contributed by atoms with Crippen molar-refractivity contribution < 1.29 is 14.3 Å². The lowest BCUT2D eigenvalue weighted by atomic mass is 10.0. The van der Waals surface area contributed by atoms with Crippen LogP contribution in [0.15, 0.2) is 0 Å². The Kier molecular flexibility index (Phi) is 4.08. The molecule has 86 valence electrons. The van der Waals surface area contributed by atoms with Crippen molar-refractivity contribution in [2.75, 3.05) is 6.61 Å². The molecule has 1 aliphatic rings. The molecule has 1 fully saturated rings. The first-order valence-electron chi connectivity index (χ1n) is 5.23. The van der Waals surface area contributed by atoms with Crippen LogP contribution < -0.4 is 11.1 Å². The van der Waals surface area contributed by atoms with Crippen LogP contribution in [-0.2, 0) is 14.3 Å². The van der Waals surface area contributed by atoms with Gasteiger partial charge < -0.3 is 15.8 Å². The molecule has 5 heteroatoms. The Morgan fingerprint density at radius 2 is 2.13 bits per heavy atom. The van der Waals surface area contributed by atoms with Crippen LogP contribution in [0.1, 0.15) is 26.7 Å². The number of carbonyl (C=O) groups excluding carboxylic acids is 2. The van der Waals surface area contributed by atoms with Gasteiger partial charge >= 0.3 is 0 Å². The fourth-order valence-electron chi connectivity index (χ4n) is 1.60. The molecular weight excluding hydrogens is 196 g/mol. The average Bonchev–Trinajstić information content (AvgIpc) is 2.65. The maximum atomic E-state index is 11.6. The first kappa shape index (κ1) is 12.0. The predicted octanol–water partition coefficient (Wildman–Crippen LogP) is -0.208. The van der Waals surface area contributed by atoms with E-state index in [4.69, 9.17) is 10.5 Å². The van der Waals surface area contributed by atoms with E-state index in [1.54, 1.807) is 0 Å². The summed E-state index contributed by atoms with van der Waals surface area (Å²) >= 11 is 0. The summed E-state index contributed by atoms with van der Waals surface area (Å²) in [6.07, 6.45) is 1.20. The van der Waals surface area contributed by atoms with Gasteiger partial charge in [-0.25, -0.2) is 0 Å². The standard InChI is InChI=1S/C10H18N2O3/c1-6(2)8(9(11)13)12-10(14)7-4-3-5-15-7/h6-8H,3-5H2,1-2H3,(H2,11,13)(H,12,14)/t7-,8-/m1/s1. The molecule has 0 aromatic rings. The largest absolute Gasteiger partial charge is 0.368 e. The van der Waals surface area contributed by atoms with Crippen LogP contribution in [0.5, 0.6) is 0 Å². The molecule has 2 atom stereocenters. The maximum absolute atomic E-state index is 11.6. The van der Waals surface area contributed by atoms with Gasteiger partial charge in [0, 0.05) is 6.61 Å². The Labute approximate surface area is 89.3 Å². The molecule has 0 aromatic heterocycles. The minimum Gasteiger partial charge on any atom is -0.368 e. The minimum absolute atomic E-state index is 0.00662. The molecule has 1 rings (SSSR count). The first-order valence-corrected chi connectivity index (χ1v) is 5.23. The summed E-state index contributed by atoms with van der Waals surface area (Å²) in [5.74, 6) is -0.741. The second kappa shape index (κ2) is 5.11. The van der Waals surface area contributed by atoms with E-state index in [-0.39, 0.29) is 11.8 Å². The molecule has 0 bridgehead atoms. The molecule has 0 spiro atoms. The van der Waals surface area contributed by atoms with Gasteiger partial charge in [0.2, 0.25) is 11.8 Å². The molecule has 0 radical (unpaired) electrons. The van der Waals surface area contributed by atoms with Gasteiger partial charge in [0.25, 0.3) is 0 Å². The number of hydrogen-bond donors (Lipinski definition) is 2. The number of amides is 2. The smallest absolute Gasteiger partial charge is 0.249 e. The third-order valence-corrected chi connectivity index (χ3v) is 2.49. The molecule has 0 aliphatic carbocycles. The van der Waals surface area contributed by atoms with E-state index >= 15 is 0 Å². The van der Waals surface area contributed by atoms with Crippen LogP contribution in [0, 0.1) is 5.92 Å². The van der Waals surface area contributed by atoms with Gasteiger partial charge in [-0.15, -0.1) is 0 Å². The monoisotopic (exact) mass is 214 g/mol. The van der Waals surface area contributed by atoms with Gasteiger partial charge in [-0.1, -0.05) is 13.8 Å². The van der Waals surface area contributed by atoms with Crippen molar-refractivity contribution in [1.29, 1.82) is 0 Å². The molecule has 2 amide bonds. The van der Waals surface area contributed by atoms with Gasteiger partial charge in [0.05, 0.1) is 0 Å². The van der Waals surface area contributed by atoms with Crippen molar-refractivity contribution in [1.82, 2.24) is 5.32 Å². The number of nitrogens with two attached hydrogens (primary N) is 1. The van der Waals surface area contributed by atoms with Crippen molar-refractivity contribution in [3.63, 3.8) is 0 Å². The topological polar surface area (TPSA) is 81.4 Å². The summed E-state index contributed by atoms with van der Waals surface area (Å²) in [6, 6.07) is -0.610. The quantitative estimate of drug-likeness (QED) is 0.679. The van der Waals surface area contributed by atoms with E-state index in [0.717, 1.165) is 12.8 Å². The fraction of sp³-hybridized carbons (Fsp3) is 0.800. The van der Waals surface area contributed by atoms with Gasteiger partial charge in [0.1, 0.15) is 12.1 Å². The van der Waals surface area contributed by atoms with Crippen molar-refractivity contribution >= 4 is 11.8 Å². The van der Waals surface area contributed by atoms with E-state index in [2.05, 4.69) is 5.32 Å². The van der Waals surface area contributed by atoms with E-state index in [9.17, 15) is 9.59 Å². The fourth-order valence-corrected chi connectivity index (χ4v) is 1.60. The molecule has 0 unspecified atom stereocenters. The summed E-state index contributed by atoms with van der Waals surface area (Å²) in [6.45, 7) is 4.29. The minimum atomic E-state index is -0.610. The van der Waals surface area contributed by atoms with Gasteiger partial charge in [-0.3, -0.25) is 9.59 Å². The highest BCUT2D eigenvalue weighted by molar-refractivity contribution is 5.88. The molecule has 1 heterocycles. The number of hydrogen-bond acceptors (Lipinski definition) is 3. The summed E-state index contributed by atoms with van der Waals surface area (Å²) < 4.78 is 5.21. The van der Waals surface area contributed by atoms with Crippen molar-refractivity contribution in [3.05, 3.63) is 0 Å². The Hall–Kier alpha value is -1.10. The van der Waals surface area contributed by atoms with Gasteiger partial charge in [-0.2, -0.15) is 0 Å². The second-order valence-electron chi connectivity index (χ2n) is 4.13. The lowest BCUT2D eigenvalue weighted by molar-refractivity contribution is -0.134. The van der Waals surface area contributed by atoms with Crippen molar-refractivity contribution in [2.24, 2.45) is 11.7 Å². The lowest BCUT2D eigenvalue weighted by Crippen LogP contribution is -2.50. The van der Waals surface area contributed by atoms with Crippen molar-refractivity contribution in [2.45, 2.75) is 38.8 Å². The summed E-state index contributed by atoms with van der Waals surface area (Å²) in [5, 5.41) is 2.62. The first-order chi connectivity index (χ1) is 7.02. The van der Waals surface area contributed by atoms with Crippen LogP contribution >= 0.6 is 0 Å². The predicted molar refractivity (Wildman–Crippen MR) is 54.9 cm³/mol. The highest BCUT2D eigenvalue weighted by Crippen LogP contribution is 2.12. The summed E-state index contributed by atoms with van der Waals surface area (Å²) in [5.41, 5.74) is 5.19. The molecule has 5 nitrogen and oxygen atoms in total. The third-order valence-electron chi connectivity index (χ3n) is 2.49. The second-order valence-corrected chi connectivity index (χ2v) is 4.13. The zero-order valence-electron chi connectivity index (χ0n) is 9.16. The van der Waals surface area contributed by atoms with Crippen LogP contribution in [0.25, 0.3) is 0 Å². The molecule has 0 aromatic carbocycles. The number of ether oxygens (including phenoxy) is 1. The average molecular weight is 214 g/mol. The van der Waals surface area contributed by atoms with E-state index < -0.39 is 18.1 Å². The summed E-state index contributed by atoms with van der Waals surface area (Å²) in [7, 11) is 0. The summed E-state index contributed by atoms with van der Waals surface area (Å²) in [4.78, 5) is 22.7. The Balaban J connectivity index is 2.50. The Morgan fingerprint density at radius 3 is 2.53 bits per heavy atom. The molecular formula is C10H18N2O3. The van der Waals surface area contributed by atoms with Crippen molar-refractivity contribution in [3.8, 4) is 0 Å². The normalized spacial score (nSPS) is 22.7. The van der Waals surface area contributed by atoms with Crippen LogP contribution in [0.2, 0.25) is 0 Å². The zero-order chi connectivity index (χ0) is 11.4. The number of nitrogens with one attached hydrogen (secondary N) is 1. The van der Waals surface area contributed by atoms with Crippen LogP contribution in [-0.4, -0.2) is 30.6 Å². The number of rotatable bonds is 4. The molecule has 1 saturated heterocycles. The Bertz CT molecular complexity index is 247. The highest BCUT2D eigenvalue weighted by Gasteiger charge is 2.28. The molecule has 1 aliphatic heterocycles. The van der Waals surface area contributed by atoms with E-state index in [1.165, 1.54) is 0 Å². The SMILES string of the molecule is CC(C)[C@@H](NC(=O)[C@H]1CCCO1)C(N)=O. The lowest BCUT2D eigenvalue weighted by Gasteiger charge is -2.20.